The maximum Gasteiger partial charge on any atom is 0.240 e. The standard InChI is InChI=1S/C8H14N2O/c1-4-7(5-2)10-8(11)6(3)9/h4-6H,1,9H2,2-3H3,(H,10,11)/b7-5+/t6-/m0/s1. The van der Waals surface area contributed by atoms with Crippen molar-refractivity contribution in [2.75, 3.05) is 0 Å². The molecule has 1 atom stereocenters. The van der Waals surface area contributed by atoms with Crippen molar-refractivity contribution < 1.29 is 4.79 Å². The average molecular weight is 154 g/mol. The lowest BCUT2D eigenvalue weighted by atomic mass is 10.3. The van der Waals surface area contributed by atoms with E-state index in [9.17, 15) is 4.79 Å². The first-order chi connectivity index (χ1) is 5.11. The molecule has 0 heterocycles. The van der Waals surface area contributed by atoms with Gasteiger partial charge in [-0.25, -0.2) is 0 Å². The van der Waals surface area contributed by atoms with E-state index in [4.69, 9.17) is 5.73 Å². The Morgan fingerprint density at radius 3 is 2.55 bits per heavy atom. The molecule has 0 aromatic heterocycles. The molecule has 3 N–H and O–H groups in total. The van der Waals surface area contributed by atoms with Crippen LogP contribution in [0.15, 0.2) is 24.4 Å². The number of nitrogens with two attached hydrogens (primary N) is 1. The van der Waals surface area contributed by atoms with Gasteiger partial charge in [0.2, 0.25) is 5.91 Å². The highest BCUT2D eigenvalue weighted by Crippen LogP contribution is 1.89. The number of amides is 1. The van der Waals surface area contributed by atoms with Gasteiger partial charge in [-0.3, -0.25) is 4.79 Å². The summed E-state index contributed by atoms with van der Waals surface area (Å²) in [6.07, 6.45) is 3.33. The second kappa shape index (κ2) is 4.68. The van der Waals surface area contributed by atoms with Crippen LogP contribution in [0.5, 0.6) is 0 Å². The van der Waals surface area contributed by atoms with E-state index in [0.29, 0.717) is 5.70 Å². The highest BCUT2D eigenvalue weighted by molar-refractivity contribution is 5.82. The van der Waals surface area contributed by atoms with Crippen molar-refractivity contribution >= 4 is 5.91 Å². The maximum absolute atomic E-state index is 10.9. The summed E-state index contributed by atoms with van der Waals surface area (Å²) in [4.78, 5) is 10.9. The van der Waals surface area contributed by atoms with Crippen molar-refractivity contribution in [2.24, 2.45) is 5.73 Å². The molecule has 0 aliphatic heterocycles. The van der Waals surface area contributed by atoms with Gasteiger partial charge < -0.3 is 11.1 Å². The average Bonchev–Trinajstić information content (AvgIpc) is 1.99. The van der Waals surface area contributed by atoms with E-state index in [2.05, 4.69) is 11.9 Å². The first-order valence-electron chi connectivity index (χ1n) is 3.47. The zero-order valence-corrected chi connectivity index (χ0v) is 6.92. The van der Waals surface area contributed by atoms with Crippen LogP contribution in [0.4, 0.5) is 0 Å². The van der Waals surface area contributed by atoms with Crippen LogP contribution in [0, 0.1) is 0 Å². The lowest BCUT2D eigenvalue weighted by molar-refractivity contribution is -0.121. The predicted molar refractivity (Wildman–Crippen MR) is 45.7 cm³/mol. The van der Waals surface area contributed by atoms with Gasteiger partial charge in [-0.2, -0.15) is 0 Å². The number of rotatable bonds is 3. The minimum absolute atomic E-state index is 0.196. The molecule has 1 amide bonds. The van der Waals surface area contributed by atoms with E-state index >= 15 is 0 Å². The van der Waals surface area contributed by atoms with Crippen molar-refractivity contribution in [2.45, 2.75) is 19.9 Å². The summed E-state index contributed by atoms with van der Waals surface area (Å²) >= 11 is 0. The van der Waals surface area contributed by atoms with Gasteiger partial charge in [-0.1, -0.05) is 12.7 Å². The molecule has 0 spiro atoms. The monoisotopic (exact) mass is 154 g/mol. The van der Waals surface area contributed by atoms with Gasteiger partial charge in [0.25, 0.3) is 0 Å². The van der Waals surface area contributed by atoms with Crippen LogP contribution in [-0.4, -0.2) is 11.9 Å². The Bertz CT molecular complexity index is 183. The van der Waals surface area contributed by atoms with Gasteiger partial charge in [0, 0.05) is 5.70 Å². The second-order valence-corrected chi connectivity index (χ2v) is 2.23. The molecule has 3 nitrogen and oxygen atoms in total. The number of carbonyl (C=O) groups is 1. The van der Waals surface area contributed by atoms with Gasteiger partial charge in [0.1, 0.15) is 0 Å². The summed E-state index contributed by atoms with van der Waals surface area (Å²) in [7, 11) is 0. The highest BCUT2D eigenvalue weighted by Gasteiger charge is 2.05. The summed E-state index contributed by atoms with van der Waals surface area (Å²) < 4.78 is 0. The Kier molecular flexibility index (Phi) is 4.22. The summed E-state index contributed by atoms with van der Waals surface area (Å²) in [6.45, 7) is 6.97. The largest absolute Gasteiger partial charge is 0.325 e. The number of nitrogens with one attached hydrogen (secondary N) is 1. The van der Waals surface area contributed by atoms with Gasteiger partial charge in [0.05, 0.1) is 6.04 Å². The Morgan fingerprint density at radius 1 is 1.73 bits per heavy atom. The van der Waals surface area contributed by atoms with E-state index in [1.165, 1.54) is 0 Å². The van der Waals surface area contributed by atoms with Gasteiger partial charge in [-0.15, -0.1) is 0 Å². The number of hydrogen-bond donors (Lipinski definition) is 2. The molecule has 0 unspecified atom stereocenters. The fourth-order valence-electron chi connectivity index (χ4n) is 0.497. The number of hydrogen-bond acceptors (Lipinski definition) is 2. The van der Waals surface area contributed by atoms with Crippen molar-refractivity contribution in [3.8, 4) is 0 Å². The van der Waals surface area contributed by atoms with E-state index in [0.717, 1.165) is 0 Å². The minimum Gasteiger partial charge on any atom is -0.325 e. The highest BCUT2D eigenvalue weighted by atomic mass is 16.2. The summed E-state index contributed by atoms with van der Waals surface area (Å²) in [5.74, 6) is -0.196. The first kappa shape index (κ1) is 9.91. The molecule has 0 radical (unpaired) electrons. The Morgan fingerprint density at radius 2 is 2.27 bits per heavy atom. The molecule has 0 aliphatic carbocycles. The van der Waals surface area contributed by atoms with Crippen LogP contribution < -0.4 is 11.1 Å². The van der Waals surface area contributed by atoms with E-state index in [-0.39, 0.29) is 5.91 Å². The lowest BCUT2D eigenvalue weighted by Crippen LogP contribution is -2.37. The van der Waals surface area contributed by atoms with Crippen LogP contribution in [0.2, 0.25) is 0 Å². The second-order valence-electron chi connectivity index (χ2n) is 2.23. The smallest absolute Gasteiger partial charge is 0.240 e. The third-order valence-electron chi connectivity index (χ3n) is 1.21. The zero-order chi connectivity index (χ0) is 8.85. The molecule has 0 aromatic carbocycles. The van der Waals surface area contributed by atoms with Crippen molar-refractivity contribution in [3.63, 3.8) is 0 Å². The van der Waals surface area contributed by atoms with Gasteiger partial charge in [-0.05, 0) is 19.9 Å². The topological polar surface area (TPSA) is 55.1 Å². The quantitative estimate of drug-likeness (QED) is 0.583. The van der Waals surface area contributed by atoms with E-state index in [1.807, 2.05) is 6.92 Å². The molecule has 0 rings (SSSR count). The molecule has 0 saturated heterocycles. The zero-order valence-electron chi connectivity index (χ0n) is 6.92. The molecule has 3 heteroatoms. The van der Waals surface area contributed by atoms with Crippen LogP contribution >= 0.6 is 0 Å². The van der Waals surface area contributed by atoms with Crippen LogP contribution in [0.1, 0.15) is 13.8 Å². The molecule has 0 saturated carbocycles. The Balaban J connectivity index is 4.03. The fraction of sp³-hybridized carbons (Fsp3) is 0.375. The van der Waals surface area contributed by atoms with Gasteiger partial charge in [0.15, 0.2) is 0 Å². The molecule has 0 bridgehead atoms. The molecule has 0 fully saturated rings. The summed E-state index contributed by atoms with van der Waals surface area (Å²) in [6, 6.07) is -0.482. The van der Waals surface area contributed by atoms with Crippen LogP contribution in [0.3, 0.4) is 0 Å². The van der Waals surface area contributed by atoms with Crippen LogP contribution in [0.25, 0.3) is 0 Å². The van der Waals surface area contributed by atoms with Crippen LogP contribution in [-0.2, 0) is 4.79 Å². The first-order valence-corrected chi connectivity index (χ1v) is 3.47. The molecule has 0 aliphatic rings. The summed E-state index contributed by atoms with van der Waals surface area (Å²) in [5.41, 5.74) is 6.01. The SMILES string of the molecule is C=C/C(=C\C)NC(=O)[C@H](C)N. The Hall–Kier alpha value is -1.09. The maximum atomic E-state index is 10.9. The molecule has 11 heavy (non-hydrogen) atoms. The fourth-order valence-corrected chi connectivity index (χ4v) is 0.497. The number of carbonyl (C=O) groups excluding carboxylic acids is 1. The van der Waals surface area contributed by atoms with E-state index in [1.54, 1.807) is 19.1 Å². The van der Waals surface area contributed by atoms with Crippen molar-refractivity contribution in [3.05, 3.63) is 24.4 Å². The molecule has 0 aromatic rings. The minimum atomic E-state index is -0.482. The third kappa shape index (κ3) is 3.57. The Labute approximate surface area is 67.0 Å². The van der Waals surface area contributed by atoms with E-state index < -0.39 is 6.04 Å². The molecule has 62 valence electrons. The third-order valence-corrected chi connectivity index (χ3v) is 1.21. The van der Waals surface area contributed by atoms with Crippen molar-refractivity contribution in [1.29, 1.82) is 0 Å². The molecular formula is C8H14N2O. The van der Waals surface area contributed by atoms with Crippen molar-refractivity contribution in [1.82, 2.24) is 5.32 Å². The van der Waals surface area contributed by atoms with Gasteiger partial charge >= 0.3 is 0 Å². The summed E-state index contributed by atoms with van der Waals surface area (Å²) in [5, 5.41) is 2.59. The number of allylic oxidation sites excluding steroid dienone is 2. The lowest BCUT2D eigenvalue weighted by Gasteiger charge is -2.06. The normalized spacial score (nSPS) is 13.9. The molecular weight excluding hydrogens is 140 g/mol. The predicted octanol–water partition coefficient (Wildman–Crippen LogP) is 0.540.